The molecule has 82 valence electrons. The van der Waals surface area contributed by atoms with Crippen LogP contribution in [0.3, 0.4) is 0 Å². The first-order chi connectivity index (χ1) is 7.79. The monoisotopic (exact) mass is 214 g/mol. The lowest BCUT2D eigenvalue weighted by molar-refractivity contribution is -0.119. The Bertz CT molecular complexity index is 446. The lowest BCUT2D eigenvalue weighted by atomic mass is 9.90. The lowest BCUT2D eigenvalue weighted by Gasteiger charge is -2.16. The van der Waals surface area contributed by atoms with E-state index in [1.165, 1.54) is 24.0 Å². The van der Waals surface area contributed by atoms with E-state index in [2.05, 4.69) is 17.4 Å². The van der Waals surface area contributed by atoms with Crippen LogP contribution in [0.15, 0.2) is 18.2 Å². The standard InChI is InChI=1S/C13H14N2O/c14-9-15-13(16)8-10-5-6-11-3-1-2-4-12(11)7-10/h5-7H,1-4,8H2,(H,15,16). The van der Waals surface area contributed by atoms with E-state index in [0.717, 1.165) is 18.4 Å². The minimum Gasteiger partial charge on any atom is -0.274 e. The highest BCUT2D eigenvalue weighted by Crippen LogP contribution is 2.22. The smallest absolute Gasteiger partial charge is 0.237 e. The van der Waals surface area contributed by atoms with E-state index in [1.54, 1.807) is 6.19 Å². The molecule has 3 nitrogen and oxygen atoms in total. The zero-order chi connectivity index (χ0) is 11.4. The van der Waals surface area contributed by atoms with Crippen LogP contribution in [0.1, 0.15) is 29.5 Å². The largest absolute Gasteiger partial charge is 0.274 e. The molecule has 0 fully saturated rings. The third-order valence-corrected chi connectivity index (χ3v) is 2.97. The Labute approximate surface area is 95.1 Å². The van der Waals surface area contributed by atoms with Crippen molar-refractivity contribution in [2.45, 2.75) is 32.1 Å². The van der Waals surface area contributed by atoms with Crippen LogP contribution in [0.5, 0.6) is 0 Å². The number of rotatable bonds is 2. The molecule has 0 aromatic heterocycles. The Balaban J connectivity index is 2.12. The Morgan fingerprint density at radius 1 is 1.31 bits per heavy atom. The summed E-state index contributed by atoms with van der Waals surface area (Å²) in [6.45, 7) is 0. The summed E-state index contributed by atoms with van der Waals surface area (Å²) in [5, 5.41) is 10.5. The average Bonchev–Trinajstić information content (AvgIpc) is 2.29. The molecule has 0 saturated carbocycles. The van der Waals surface area contributed by atoms with E-state index in [9.17, 15) is 4.79 Å². The van der Waals surface area contributed by atoms with Gasteiger partial charge in [-0.05, 0) is 42.4 Å². The maximum Gasteiger partial charge on any atom is 0.237 e. The summed E-state index contributed by atoms with van der Waals surface area (Å²) in [7, 11) is 0. The molecular formula is C13H14N2O. The molecule has 0 saturated heterocycles. The van der Waals surface area contributed by atoms with Crippen LogP contribution in [-0.2, 0) is 24.1 Å². The van der Waals surface area contributed by atoms with Gasteiger partial charge in [-0.3, -0.25) is 10.1 Å². The first-order valence-corrected chi connectivity index (χ1v) is 5.58. The van der Waals surface area contributed by atoms with Crippen molar-refractivity contribution in [3.05, 3.63) is 34.9 Å². The van der Waals surface area contributed by atoms with Crippen LogP contribution >= 0.6 is 0 Å². The van der Waals surface area contributed by atoms with Gasteiger partial charge in [0.15, 0.2) is 6.19 Å². The van der Waals surface area contributed by atoms with Crippen LogP contribution in [0.4, 0.5) is 0 Å². The average molecular weight is 214 g/mol. The zero-order valence-electron chi connectivity index (χ0n) is 9.12. The van der Waals surface area contributed by atoms with Gasteiger partial charge >= 0.3 is 0 Å². The molecule has 0 heterocycles. The van der Waals surface area contributed by atoms with Crippen molar-refractivity contribution in [3.63, 3.8) is 0 Å². The molecule has 0 atom stereocenters. The predicted octanol–water partition coefficient (Wildman–Crippen LogP) is 1.71. The van der Waals surface area contributed by atoms with Gasteiger partial charge in [-0.15, -0.1) is 0 Å². The summed E-state index contributed by atoms with van der Waals surface area (Å²) >= 11 is 0. The Morgan fingerprint density at radius 3 is 2.81 bits per heavy atom. The zero-order valence-corrected chi connectivity index (χ0v) is 9.12. The van der Waals surface area contributed by atoms with Crippen LogP contribution < -0.4 is 5.32 Å². The number of nitriles is 1. The number of benzene rings is 1. The van der Waals surface area contributed by atoms with Crippen LogP contribution in [-0.4, -0.2) is 5.91 Å². The Morgan fingerprint density at radius 2 is 2.06 bits per heavy atom. The normalized spacial score (nSPS) is 13.7. The summed E-state index contributed by atoms with van der Waals surface area (Å²) in [4.78, 5) is 11.2. The molecule has 2 rings (SSSR count). The Hall–Kier alpha value is -1.82. The highest BCUT2D eigenvalue weighted by molar-refractivity contribution is 5.79. The van der Waals surface area contributed by atoms with Gasteiger partial charge < -0.3 is 0 Å². The highest BCUT2D eigenvalue weighted by Gasteiger charge is 2.10. The number of amides is 1. The number of fused-ring (bicyclic) bond motifs is 1. The first kappa shape index (κ1) is 10.7. The molecule has 1 aliphatic carbocycles. The van der Waals surface area contributed by atoms with Crippen molar-refractivity contribution in [3.8, 4) is 6.19 Å². The molecule has 1 amide bonds. The highest BCUT2D eigenvalue weighted by atomic mass is 16.1. The van der Waals surface area contributed by atoms with E-state index >= 15 is 0 Å². The van der Waals surface area contributed by atoms with Crippen LogP contribution in [0, 0.1) is 11.5 Å². The number of nitrogens with zero attached hydrogens (tertiary/aromatic N) is 1. The van der Waals surface area contributed by atoms with Crippen molar-refractivity contribution in [2.75, 3.05) is 0 Å². The molecule has 0 aliphatic heterocycles. The number of carbonyl (C=O) groups excluding carboxylic acids is 1. The number of hydrogen-bond donors (Lipinski definition) is 1. The van der Waals surface area contributed by atoms with Crippen LogP contribution in [0.25, 0.3) is 0 Å². The number of hydrogen-bond acceptors (Lipinski definition) is 2. The first-order valence-electron chi connectivity index (χ1n) is 5.58. The lowest BCUT2D eigenvalue weighted by Crippen LogP contribution is -2.19. The molecule has 1 aliphatic rings. The summed E-state index contributed by atoms with van der Waals surface area (Å²) < 4.78 is 0. The van der Waals surface area contributed by atoms with Gasteiger partial charge in [0.1, 0.15) is 0 Å². The van der Waals surface area contributed by atoms with Gasteiger partial charge in [-0.2, -0.15) is 5.26 Å². The summed E-state index contributed by atoms with van der Waals surface area (Å²) in [5.41, 5.74) is 3.78. The van der Waals surface area contributed by atoms with Gasteiger partial charge in [0.2, 0.25) is 5.91 Å². The van der Waals surface area contributed by atoms with Crippen molar-refractivity contribution in [1.29, 1.82) is 5.26 Å². The fraction of sp³-hybridized carbons (Fsp3) is 0.385. The van der Waals surface area contributed by atoms with Crippen LogP contribution in [0.2, 0.25) is 0 Å². The summed E-state index contributed by atoms with van der Waals surface area (Å²) in [5.74, 6) is -0.238. The second-order valence-corrected chi connectivity index (χ2v) is 4.15. The topological polar surface area (TPSA) is 52.9 Å². The Kier molecular flexibility index (Phi) is 3.21. The minimum atomic E-state index is -0.238. The molecule has 0 bridgehead atoms. The van der Waals surface area contributed by atoms with Gasteiger partial charge in [0.25, 0.3) is 0 Å². The van der Waals surface area contributed by atoms with Crippen molar-refractivity contribution >= 4 is 5.91 Å². The quantitative estimate of drug-likeness (QED) is 0.602. The van der Waals surface area contributed by atoms with E-state index in [4.69, 9.17) is 5.26 Å². The van der Waals surface area contributed by atoms with Crippen molar-refractivity contribution in [2.24, 2.45) is 0 Å². The maximum atomic E-state index is 11.2. The number of nitrogens with one attached hydrogen (secondary N) is 1. The molecule has 1 aromatic carbocycles. The van der Waals surface area contributed by atoms with E-state index in [-0.39, 0.29) is 5.91 Å². The molecule has 3 heteroatoms. The van der Waals surface area contributed by atoms with Gasteiger partial charge in [0, 0.05) is 0 Å². The van der Waals surface area contributed by atoms with E-state index in [0.29, 0.717) is 6.42 Å². The number of carbonyl (C=O) groups is 1. The van der Waals surface area contributed by atoms with Gasteiger partial charge in [-0.1, -0.05) is 18.2 Å². The minimum absolute atomic E-state index is 0.238. The van der Waals surface area contributed by atoms with Gasteiger partial charge in [-0.25, -0.2) is 0 Å². The third-order valence-electron chi connectivity index (χ3n) is 2.97. The third kappa shape index (κ3) is 2.40. The predicted molar refractivity (Wildman–Crippen MR) is 60.5 cm³/mol. The molecule has 1 N–H and O–H groups in total. The van der Waals surface area contributed by atoms with Crippen molar-refractivity contribution in [1.82, 2.24) is 5.32 Å². The number of aryl methyl sites for hydroxylation is 2. The van der Waals surface area contributed by atoms with E-state index < -0.39 is 0 Å². The van der Waals surface area contributed by atoms with Gasteiger partial charge in [0.05, 0.1) is 6.42 Å². The maximum absolute atomic E-state index is 11.2. The summed E-state index contributed by atoms with van der Waals surface area (Å²) in [6.07, 6.45) is 6.71. The molecule has 1 aromatic rings. The molecule has 16 heavy (non-hydrogen) atoms. The van der Waals surface area contributed by atoms with E-state index in [1.807, 2.05) is 6.07 Å². The second kappa shape index (κ2) is 4.80. The molecule has 0 radical (unpaired) electrons. The van der Waals surface area contributed by atoms with Crippen molar-refractivity contribution < 1.29 is 4.79 Å². The fourth-order valence-electron chi connectivity index (χ4n) is 2.19. The second-order valence-electron chi connectivity index (χ2n) is 4.15. The molecular weight excluding hydrogens is 200 g/mol. The SMILES string of the molecule is N#CNC(=O)Cc1ccc2c(c1)CCCC2. The fourth-order valence-corrected chi connectivity index (χ4v) is 2.19. The molecule has 0 unspecified atom stereocenters. The molecule has 0 spiro atoms. The summed E-state index contributed by atoms with van der Waals surface area (Å²) in [6, 6.07) is 6.20.